The average Bonchev–Trinajstić information content (AvgIpc) is 3.27. The Kier molecular flexibility index (Phi) is 9.12. The Balaban J connectivity index is 1.66. The van der Waals surface area contributed by atoms with Crippen molar-refractivity contribution in [2.24, 2.45) is 0 Å². The Labute approximate surface area is 194 Å². The third kappa shape index (κ3) is 6.33. The first-order chi connectivity index (χ1) is 15.5. The molecule has 1 aromatic carbocycles. The van der Waals surface area contributed by atoms with E-state index in [0.717, 1.165) is 17.7 Å². The summed E-state index contributed by atoms with van der Waals surface area (Å²) in [4.78, 5) is 18.5. The largest absolute Gasteiger partial charge is 0.491 e. The second-order valence-electron chi connectivity index (χ2n) is 7.93. The molecule has 0 bridgehead atoms. The predicted molar refractivity (Wildman–Crippen MR) is 127 cm³/mol. The topological polar surface area (TPSA) is 62.2 Å². The summed E-state index contributed by atoms with van der Waals surface area (Å²) in [5.74, 6) is 3.27. The fraction of sp³-hybridized carbons (Fsp3) is 0.480. The molecule has 0 saturated heterocycles. The minimum absolute atomic E-state index is 0.0406. The molecular formula is C25H32N2O4S. The van der Waals surface area contributed by atoms with Gasteiger partial charge in [0.25, 0.3) is 0 Å². The molecule has 1 aliphatic rings. The highest BCUT2D eigenvalue weighted by atomic mass is 32.1. The van der Waals surface area contributed by atoms with Crippen molar-refractivity contribution in [2.75, 3.05) is 46.0 Å². The van der Waals surface area contributed by atoms with E-state index in [2.05, 4.69) is 17.4 Å². The van der Waals surface area contributed by atoms with Crippen LogP contribution in [0.4, 0.5) is 0 Å². The van der Waals surface area contributed by atoms with E-state index in [-0.39, 0.29) is 31.7 Å². The zero-order chi connectivity index (χ0) is 22.9. The number of aryl methyl sites for hydroxylation is 1. The van der Waals surface area contributed by atoms with Gasteiger partial charge in [0.1, 0.15) is 19.0 Å². The number of amides is 1. The molecule has 0 fully saturated rings. The highest BCUT2D eigenvalue weighted by molar-refractivity contribution is 7.10. The molecule has 0 saturated carbocycles. The van der Waals surface area contributed by atoms with Crippen molar-refractivity contribution in [1.29, 1.82) is 0 Å². The standard InChI is InChI=1S/C25H32N2O4S/c1-4-13-30-17-20(28)15-26(5-2)16-25(29)27-12-10-24-21(11-14-32-24)22(27)18-31-23-9-7-6-8-19(23)3/h1,6-9,11,14,20,22,28H,5,10,12-13,15-18H2,2-3H3/t20-,22+/m0/s1. The van der Waals surface area contributed by atoms with Gasteiger partial charge in [0.15, 0.2) is 0 Å². The molecule has 0 aliphatic carbocycles. The van der Waals surface area contributed by atoms with E-state index in [1.807, 2.05) is 47.9 Å². The van der Waals surface area contributed by atoms with E-state index in [4.69, 9.17) is 15.9 Å². The van der Waals surface area contributed by atoms with Gasteiger partial charge >= 0.3 is 0 Å². The molecule has 0 unspecified atom stereocenters. The Bertz CT molecular complexity index is 923. The minimum Gasteiger partial charge on any atom is -0.491 e. The molecule has 1 amide bonds. The zero-order valence-corrected chi connectivity index (χ0v) is 19.6. The summed E-state index contributed by atoms with van der Waals surface area (Å²) in [5, 5.41) is 12.3. The average molecular weight is 457 g/mol. The number of carbonyl (C=O) groups excluding carboxylic acids is 1. The van der Waals surface area contributed by atoms with Crippen LogP contribution >= 0.6 is 11.3 Å². The van der Waals surface area contributed by atoms with Crippen LogP contribution in [-0.4, -0.2) is 72.9 Å². The van der Waals surface area contributed by atoms with Crippen LogP contribution in [0.3, 0.4) is 0 Å². The van der Waals surface area contributed by atoms with E-state index in [9.17, 15) is 9.90 Å². The summed E-state index contributed by atoms with van der Waals surface area (Å²) >= 11 is 1.74. The van der Waals surface area contributed by atoms with Gasteiger partial charge in [-0.05, 0) is 48.5 Å². The Morgan fingerprint density at radius 3 is 2.97 bits per heavy atom. The molecule has 0 radical (unpaired) electrons. The van der Waals surface area contributed by atoms with Gasteiger partial charge < -0.3 is 19.5 Å². The number of hydrogen-bond acceptors (Lipinski definition) is 6. The van der Waals surface area contributed by atoms with Crippen molar-refractivity contribution >= 4 is 17.2 Å². The number of thiophene rings is 1. The highest BCUT2D eigenvalue weighted by Gasteiger charge is 2.33. The first-order valence-electron chi connectivity index (χ1n) is 11.0. The molecule has 32 heavy (non-hydrogen) atoms. The predicted octanol–water partition coefficient (Wildman–Crippen LogP) is 2.89. The number of carbonyl (C=O) groups is 1. The Morgan fingerprint density at radius 1 is 1.41 bits per heavy atom. The molecule has 2 atom stereocenters. The van der Waals surface area contributed by atoms with Gasteiger partial charge in [0.2, 0.25) is 5.91 Å². The summed E-state index contributed by atoms with van der Waals surface area (Å²) in [6.07, 6.45) is 5.34. The number of rotatable bonds is 11. The van der Waals surface area contributed by atoms with Crippen molar-refractivity contribution in [1.82, 2.24) is 9.80 Å². The summed E-state index contributed by atoms with van der Waals surface area (Å²) in [7, 11) is 0. The number of benzene rings is 1. The second kappa shape index (κ2) is 12.0. The fourth-order valence-corrected chi connectivity index (χ4v) is 4.88. The van der Waals surface area contributed by atoms with Crippen molar-refractivity contribution in [3.63, 3.8) is 0 Å². The fourth-order valence-electron chi connectivity index (χ4n) is 3.95. The molecule has 7 heteroatoms. The van der Waals surface area contributed by atoms with E-state index < -0.39 is 6.10 Å². The monoisotopic (exact) mass is 456 g/mol. The summed E-state index contributed by atoms with van der Waals surface area (Å²) < 4.78 is 11.4. The van der Waals surface area contributed by atoms with Gasteiger partial charge in [-0.1, -0.05) is 31.0 Å². The van der Waals surface area contributed by atoms with Gasteiger partial charge in [-0.25, -0.2) is 0 Å². The van der Waals surface area contributed by atoms with Gasteiger partial charge in [0.05, 0.1) is 25.3 Å². The van der Waals surface area contributed by atoms with Crippen LogP contribution in [0.25, 0.3) is 0 Å². The number of aliphatic hydroxyl groups excluding tert-OH is 1. The summed E-state index contributed by atoms with van der Waals surface area (Å²) in [5.41, 5.74) is 2.25. The van der Waals surface area contributed by atoms with Gasteiger partial charge in [-0.15, -0.1) is 17.8 Å². The zero-order valence-electron chi connectivity index (χ0n) is 18.8. The number of aliphatic hydroxyl groups is 1. The maximum atomic E-state index is 13.3. The van der Waals surface area contributed by atoms with Gasteiger partial charge in [0, 0.05) is 18.0 Å². The second-order valence-corrected chi connectivity index (χ2v) is 8.93. The summed E-state index contributed by atoms with van der Waals surface area (Å²) in [6, 6.07) is 9.91. The van der Waals surface area contributed by atoms with Crippen LogP contribution in [0.1, 0.15) is 29.0 Å². The highest BCUT2D eigenvalue weighted by Crippen LogP contribution is 2.34. The maximum absolute atomic E-state index is 13.3. The third-order valence-electron chi connectivity index (χ3n) is 5.68. The van der Waals surface area contributed by atoms with E-state index in [1.54, 1.807) is 11.3 Å². The lowest BCUT2D eigenvalue weighted by Gasteiger charge is -2.37. The molecule has 0 spiro atoms. The number of terminal acetylenes is 1. The number of nitrogens with zero attached hydrogens (tertiary/aromatic N) is 2. The SMILES string of the molecule is C#CCOC[C@@H](O)CN(CC)CC(=O)N1CCc2sccc2[C@H]1COc1ccccc1C. The minimum atomic E-state index is -0.693. The molecule has 1 aromatic heterocycles. The molecule has 1 N–H and O–H groups in total. The molecule has 172 valence electrons. The quantitative estimate of drug-likeness (QED) is 0.416. The number of ether oxygens (including phenoxy) is 2. The van der Waals surface area contributed by atoms with Crippen LogP contribution in [0, 0.1) is 19.3 Å². The first-order valence-corrected chi connectivity index (χ1v) is 11.9. The van der Waals surface area contributed by atoms with Gasteiger partial charge in [-0.3, -0.25) is 9.69 Å². The number of hydrogen-bond donors (Lipinski definition) is 1. The smallest absolute Gasteiger partial charge is 0.237 e. The van der Waals surface area contributed by atoms with Crippen LogP contribution in [0.2, 0.25) is 0 Å². The molecule has 3 rings (SSSR count). The molecule has 2 heterocycles. The van der Waals surface area contributed by atoms with E-state index in [0.29, 0.717) is 26.2 Å². The van der Waals surface area contributed by atoms with E-state index >= 15 is 0 Å². The lowest BCUT2D eigenvalue weighted by molar-refractivity contribution is -0.136. The van der Waals surface area contributed by atoms with Crippen molar-refractivity contribution in [2.45, 2.75) is 32.4 Å². The third-order valence-corrected chi connectivity index (χ3v) is 6.67. The van der Waals surface area contributed by atoms with Crippen molar-refractivity contribution < 1.29 is 19.4 Å². The van der Waals surface area contributed by atoms with Crippen LogP contribution in [-0.2, 0) is 16.0 Å². The number of fused-ring (bicyclic) bond motifs is 1. The lowest BCUT2D eigenvalue weighted by Crippen LogP contribution is -2.48. The normalized spacial score (nSPS) is 16.5. The number of para-hydroxylation sites is 1. The number of likely N-dealkylation sites (N-methyl/N-ethyl adjacent to an activating group) is 1. The first kappa shape index (κ1) is 24.3. The van der Waals surface area contributed by atoms with Crippen LogP contribution in [0.5, 0.6) is 5.75 Å². The molecule has 1 aliphatic heterocycles. The molecule has 6 nitrogen and oxygen atoms in total. The van der Waals surface area contributed by atoms with E-state index in [1.165, 1.54) is 10.4 Å². The lowest BCUT2D eigenvalue weighted by atomic mass is 10.0. The summed E-state index contributed by atoms with van der Waals surface area (Å²) in [6.45, 7) is 6.65. The molecule has 2 aromatic rings. The van der Waals surface area contributed by atoms with Crippen molar-refractivity contribution in [3.8, 4) is 18.1 Å². The maximum Gasteiger partial charge on any atom is 0.237 e. The van der Waals surface area contributed by atoms with Crippen LogP contribution in [0.15, 0.2) is 35.7 Å². The van der Waals surface area contributed by atoms with Gasteiger partial charge in [-0.2, -0.15) is 0 Å². The Hall–Kier alpha value is -2.37. The molecular weight excluding hydrogens is 424 g/mol. The van der Waals surface area contributed by atoms with Crippen LogP contribution < -0.4 is 4.74 Å². The Morgan fingerprint density at radius 2 is 2.22 bits per heavy atom. The van der Waals surface area contributed by atoms with Crippen molar-refractivity contribution in [3.05, 3.63) is 51.7 Å².